The number of ether oxygens (including phenoxy) is 1. The van der Waals surface area contributed by atoms with Crippen molar-refractivity contribution in [2.45, 2.75) is 6.42 Å². The first kappa shape index (κ1) is 9.14. The van der Waals surface area contributed by atoms with Gasteiger partial charge in [-0.15, -0.1) is 6.58 Å². The smallest absolute Gasteiger partial charge is 0.140 e. The topological polar surface area (TPSA) is 9.23 Å². The van der Waals surface area contributed by atoms with Crippen LogP contribution in [0.4, 0.5) is 0 Å². The third-order valence-electron chi connectivity index (χ3n) is 1.62. The Morgan fingerprint density at radius 3 is 2.92 bits per heavy atom. The van der Waals surface area contributed by atoms with Crippen molar-refractivity contribution in [3.63, 3.8) is 0 Å². The van der Waals surface area contributed by atoms with Gasteiger partial charge in [0.2, 0.25) is 0 Å². The lowest BCUT2D eigenvalue weighted by molar-refractivity contribution is 0.411. The summed E-state index contributed by atoms with van der Waals surface area (Å²) >= 11 is 5.91. The van der Waals surface area contributed by atoms with Crippen LogP contribution in [0.2, 0.25) is 5.02 Å². The third kappa shape index (κ3) is 1.80. The van der Waals surface area contributed by atoms with E-state index >= 15 is 0 Å². The van der Waals surface area contributed by atoms with Crippen molar-refractivity contribution < 1.29 is 4.74 Å². The average Bonchev–Trinajstić information content (AvgIpc) is 2.05. The van der Waals surface area contributed by atoms with Crippen LogP contribution in [0, 0.1) is 0 Å². The Kier molecular flexibility index (Phi) is 3.18. The summed E-state index contributed by atoms with van der Waals surface area (Å²) in [4.78, 5) is 0. The Morgan fingerprint density at radius 2 is 2.33 bits per heavy atom. The van der Waals surface area contributed by atoms with E-state index in [1.165, 1.54) is 0 Å². The van der Waals surface area contributed by atoms with Gasteiger partial charge in [0.05, 0.1) is 12.1 Å². The summed E-state index contributed by atoms with van der Waals surface area (Å²) in [6, 6.07) is 5.70. The van der Waals surface area contributed by atoms with Crippen LogP contribution in [-0.4, -0.2) is 7.11 Å². The predicted molar refractivity (Wildman–Crippen MR) is 51.9 cm³/mol. The molecule has 64 valence electrons. The van der Waals surface area contributed by atoms with Gasteiger partial charge in [0, 0.05) is 0 Å². The number of benzene rings is 1. The molecule has 0 atom stereocenters. The number of halogens is 1. The summed E-state index contributed by atoms with van der Waals surface area (Å²) in [5.74, 6) is 0.749. The van der Waals surface area contributed by atoms with Crippen molar-refractivity contribution in [2.24, 2.45) is 0 Å². The summed E-state index contributed by atoms with van der Waals surface area (Å²) in [6.07, 6.45) is 2.61. The zero-order chi connectivity index (χ0) is 8.97. The van der Waals surface area contributed by atoms with Gasteiger partial charge in [-0.3, -0.25) is 0 Å². The molecule has 1 aromatic rings. The highest BCUT2D eigenvalue weighted by molar-refractivity contribution is 6.32. The fraction of sp³-hybridized carbons (Fsp3) is 0.200. The zero-order valence-electron chi connectivity index (χ0n) is 7.01. The minimum atomic E-state index is 0.650. The molecule has 0 heterocycles. The summed E-state index contributed by atoms with van der Waals surface area (Å²) < 4.78 is 5.15. The van der Waals surface area contributed by atoms with E-state index in [1.807, 2.05) is 24.3 Å². The highest BCUT2D eigenvalue weighted by Gasteiger charge is 2.04. The quantitative estimate of drug-likeness (QED) is 0.653. The first-order valence-corrected chi connectivity index (χ1v) is 4.09. The van der Waals surface area contributed by atoms with Crippen LogP contribution in [-0.2, 0) is 6.42 Å². The largest absolute Gasteiger partial charge is 0.495 e. The minimum Gasteiger partial charge on any atom is -0.495 e. The average molecular weight is 183 g/mol. The van der Waals surface area contributed by atoms with Gasteiger partial charge in [-0.1, -0.05) is 29.8 Å². The molecule has 0 amide bonds. The summed E-state index contributed by atoms with van der Waals surface area (Å²) in [7, 11) is 1.62. The van der Waals surface area contributed by atoms with Crippen LogP contribution >= 0.6 is 11.6 Å². The first-order valence-electron chi connectivity index (χ1n) is 3.72. The van der Waals surface area contributed by atoms with Crippen molar-refractivity contribution in [3.05, 3.63) is 41.4 Å². The Hall–Kier alpha value is -0.950. The van der Waals surface area contributed by atoms with Gasteiger partial charge in [-0.05, 0) is 18.1 Å². The highest BCUT2D eigenvalue weighted by atomic mass is 35.5. The lowest BCUT2D eigenvalue weighted by Crippen LogP contribution is -1.90. The maximum atomic E-state index is 5.91. The SMILES string of the molecule is C=CCc1cccc(Cl)c1OC. The molecule has 0 aliphatic carbocycles. The molecule has 0 aliphatic heterocycles. The van der Waals surface area contributed by atoms with E-state index in [4.69, 9.17) is 16.3 Å². The van der Waals surface area contributed by atoms with Crippen LogP contribution < -0.4 is 4.74 Å². The van der Waals surface area contributed by atoms with Gasteiger partial charge in [-0.2, -0.15) is 0 Å². The van der Waals surface area contributed by atoms with Crippen LogP contribution in [0.3, 0.4) is 0 Å². The molecule has 1 rings (SSSR count). The van der Waals surface area contributed by atoms with E-state index in [-0.39, 0.29) is 0 Å². The van der Waals surface area contributed by atoms with Crippen LogP contribution in [0.1, 0.15) is 5.56 Å². The van der Waals surface area contributed by atoms with E-state index < -0.39 is 0 Å². The lowest BCUT2D eigenvalue weighted by Gasteiger charge is -2.07. The van der Waals surface area contributed by atoms with Gasteiger partial charge in [0.1, 0.15) is 5.75 Å². The fourth-order valence-corrected chi connectivity index (χ4v) is 1.37. The maximum Gasteiger partial charge on any atom is 0.140 e. The Balaban J connectivity index is 3.08. The molecule has 0 saturated heterocycles. The molecule has 0 bridgehead atoms. The number of hydrogen-bond donors (Lipinski definition) is 0. The van der Waals surface area contributed by atoms with Gasteiger partial charge >= 0.3 is 0 Å². The molecule has 1 nitrogen and oxygen atoms in total. The zero-order valence-corrected chi connectivity index (χ0v) is 7.77. The van der Waals surface area contributed by atoms with E-state index in [2.05, 4.69) is 6.58 Å². The lowest BCUT2D eigenvalue weighted by atomic mass is 10.1. The summed E-state index contributed by atoms with van der Waals surface area (Å²) in [5.41, 5.74) is 1.07. The number of allylic oxidation sites excluding steroid dienone is 1. The molecule has 0 saturated carbocycles. The Bertz CT molecular complexity index is 281. The number of methoxy groups -OCH3 is 1. The molecule has 0 aromatic heterocycles. The van der Waals surface area contributed by atoms with Crippen molar-refractivity contribution in [2.75, 3.05) is 7.11 Å². The fourth-order valence-electron chi connectivity index (χ4n) is 1.10. The predicted octanol–water partition coefficient (Wildman–Crippen LogP) is 3.08. The van der Waals surface area contributed by atoms with Crippen molar-refractivity contribution >= 4 is 11.6 Å². The van der Waals surface area contributed by atoms with Gasteiger partial charge < -0.3 is 4.74 Å². The molecule has 1 aromatic carbocycles. The van der Waals surface area contributed by atoms with E-state index in [9.17, 15) is 0 Å². The second-order valence-electron chi connectivity index (χ2n) is 2.43. The van der Waals surface area contributed by atoms with Crippen molar-refractivity contribution in [1.29, 1.82) is 0 Å². The van der Waals surface area contributed by atoms with E-state index in [0.717, 1.165) is 17.7 Å². The second-order valence-corrected chi connectivity index (χ2v) is 2.83. The maximum absolute atomic E-state index is 5.91. The number of rotatable bonds is 3. The van der Waals surface area contributed by atoms with Crippen LogP contribution in [0.15, 0.2) is 30.9 Å². The molecule has 0 unspecified atom stereocenters. The molecule has 0 N–H and O–H groups in total. The number of hydrogen-bond acceptors (Lipinski definition) is 1. The van der Waals surface area contributed by atoms with Crippen molar-refractivity contribution in [1.82, 2.24) is 0 Å². The molecule has 0 aliphatic rings. The van der Waals surface area contributed by atoms with Crippen molar-refractivity contribution in [3.8, 4) is 5.75 Å². The van der Waals surface area contributed by atoms with Gasteiger partial charge in [-0.25, -0.2) is 0 Å². The third-order valence-corrected chi connectivity index (χ3v) is 1.91. The highest BCUT2D eigenvalue weighted by Crippen LogP contribution is 2.28. The monoisotopic (exact) mass is 182 g/mol. The molecule has 2 heteroatoms. The molecule has 0 spiro atoms. The molecule has 0 fully saturated rings. The summed E-state index contributed by atoms with van der Waals surface area (Å²) in [6.45, 7) is 3.66. The summed E-state index contributed by atoms with van der Waals surface area (Å²) in [5, 5.41) is 0.650. The first-order chi connectivity index (χ1) is 5.79. The van der Waals surface area contributed by atoms with Gasteiger partial charge in [0.25, 0.3) is 0 Å². The van der Waals surface area contributed by atoms with Gasteiger partial charge in [0.15, 0.2) is 0 Å². The molecular weight excluding hydrogens is 172 g/mol. The Labute approximate surface area is 77.6 Å². The van der Waals surface area contributed by atoms with Crippen LogP contribution in [0.5, 0.6) is 5.75 Å². The molecule has 12 heavy (non-hydrogen) atoms. The standard InChI is InChI=1S/C10H11ClO/c1-3-5-8-6-4-7-9(11)10(8)12-2/h3-4,6-7H,1,5H2,2H3. The second kappa shape index (κ2) is 4.17. The van der Waals surface area contributed by atoms with E-state index in [1.54, 1.807) is 7.11 Å². The molecule has 0 radical (unpaired) electrons. The minimum absolute atomic E-state index is 0.650. The Morgan fingerprint density at radius 1 is 1.58 bits per heavy atom. The normalized spacial score (nSPS) is 9.50. The van der Waals surface area contributed by atoms with Crippen LogP contribution in [0.25, 0.3) is 0 Å². The van der Waals surface area contributed by atoms with E-state index in [0.29, 0.717) is 5.02 Å². The molecular formula is C10H11ClO. The number of para-hydroxylation sites is 1.